The number of rotatable bonds is 9. The summed E-state index contributed by atoms with van der Waals surface area (Å²) in [6.45, 7) is 3.63. The first-order chi connectivity index (χ1) is 13.0. The third kappa shape index (κ3) is 8.48. The number of hydrogen-bond acceptors (Lipinski definition) is 4. The van der Waals surface area contributed by atoms with Gasteiger partial charge in [-0.2, -0.15) is 0 Å². The van der Waals surface area contributed by atoms with E-state index < -0.39 is 10.0 Å². The molecule has 7 nitrogen and oxygen atoms in total. The second-order valence-corrected chi connectivity index (χ2v) is 7.42. The molecule has 0 saturated heterocycles. The SMILES string of the molecule is CCNC(=NCCNS(=O)(=O)c1cccnc1)NCCc1cccc(F)c1.I. The van der Waals surface area contributed by atoms with Crippen molar-refractivity contribution < 1.29 is 12.8 Å². The lowest BCUT2D eigenvalue weighted by Crippen LogP contribution is -2.39. The van der Waals surface area contributed by atoms with Crippen molar-refractivity contribution in [3.8, 4) is 0 Å². The van der Waals surface area contributed by atoms with Crippen molar-refractivity contribution in [1.29, 1.82) is 0 Å². The molecular weight excluding hydrogens is 496 g/mol. The van der Waals surface area contributed by atoms with Crippen LogP contribution in [0, 0.1) is 5.82 Å². The van der Waals surface area contributed by atoms with Gasteiger partial charge >= 0.3 is 0 Å². The van der Waals surface area contributed by atoms with E-state index in [9.17, 15) is 12.8 Å². The van der Waals surface area contributed by atoms with Gasteiger partial charge in [-0.3, -0.25) is 9.98 Å². The molecule has 1 aromatic carbocycles. The summed E-state index contributed by atoms with van der Waals surface area (Å²) in [5.41, 5.74) is 0.891. The largest absolute Gasteiger partial charge is 0.357 e. The first-order valence-electron chi connectivity index (χ1n) is 8.67. The van der Waals surface area contributed by atoms with Crippen molar-refractivity contribution in [3.05, 3.63) is 60.2 Å². The molecule has 0 aliphatic heterocycles. The van der Waals surface area contributed by atoms with Crippen molar-refractivity contribution in [3.63, 3.8) is 0 Å². The molecule has 2 rings (SSSR count). The van der Waals surface area contributed by atoms with Crippen molar-refractivity contribution in [2.45, 2.75) is 18.2 Å². The molecule has 3 N–H and O–H groups in total. The Hall–Kier alpha value is -1.79. The Balaban J connectivity index is 0.00000392. The summed E-state index contributed by atoms with van der Waals surface area (Å²) in [6.07, 6.45) is 3.46. The van der Waals surface area contributed by atoms with Gasteiger partial charge in [-0.1, -0.05) is 12.1 Å². The lowest BCUT2D eigenvalue weighted by Gasteiger charge is -2.11. The molecule has 154 valence electrons. The van der Waals surface area contributed by atoms with Crippen LogP contribution < -0.4 is 15.4 Å². The molecule has 1 heterocycles. The Bertz CT molecular complexity index is 850. The minimum atomic E-state index is -3.59. The standard InChI is InChI=1S/C18H24FN5O2S.HI/c1-2-21-18(22-10-8-15-5-3-6-16(19)13-15)23-11-12-24-27(25,26)17-7-4-9-20-14-17;/h3-7,9,13-14,24H,2,8,10-12H2,1H3,(H2,21,22,23);1H. The zero-order valence-corrected chi connectivity index (χ0v) is 18.7. The molecular formula is C18H25FIN5O2S. The molecule has 0 unspecified atom stereocenters. The number of halogens is 2. The maximum atomic E-state index is 13.2. The molecule has 0 radical (unpaired) electrons. The van der Waals surface area contributed by atoms with E-state index >= 15 is 0 Å². The fourth-order valence-corrected chi connectivity index (χ4v) is 3.28. The number of sulfonamides is 1. The average molecular weight is 521 g/mol. The molecule has 28 heavy (non-hydrogen) atoms. The zero-order valence-electron chi connectivity index (χ0n) is 15.6. The summed E-state index contributed by atoms with van der Waals surface area (Å²) in [6, 6.07) is 9.50. The molecule has 0 atom stereocenters. The molecule has 0 saturated carbocycles. The second kappa shape index (κ2) is 12.6. The Labute approximate surface area is 182 Å². The van der Waals surface area contributed by atoms with Crippen molar-refractivity contribution in [2.75, 3.05) is 26.2 Å². The van der Waals surface area contributed by atoms with Crippen LogP contribution in [0.2, 0.25) is 0 Å². The number of benzene rings is 1. The van der Waals surface area contributed by atoms with Crippen LogP contribution >= 0.6 is 24.0 Å². The van der Waals surface area contributed by atoms with Gasteiger partial charge in [0.1, 0.15) is 10.7 Å². The van der Waals surface area contributed by atoms with E-state index in [0.717, 1.165) is 5.56 Å². The summed E-state index contributed by atoms with van der Waals surface area (Å²) in [4.78, 5) is 8.26. The molecule has 0 aliphatic carbocycles. The predicted octanol–water partition coefficient (Wildman–Crippen LogP) is 1.91. The second-order valence-electron chi connectivity index (χ2n) is 5.65. The highest BCUT2D eigenvalue weighted by molar-refractivity contribution is 14.0. The zero-order chi connectivity index (χ0) is 19.5. The Morgan fingerprint density at radius 2 is 2.00 bits per heavy atom. The summed E-state index contributed by atoms with van der Waals surface area (Å²) in [5.74, 6) is 0.323. The van der Waals surface area contributed by atoms with Crippen molar-refractivity contribution >= 4 is 40.0 Å². The van der Waals surface area contributed by atoms with Crippen LogP contribution in [0.4, 0.5) is 4.39 Å². The van der Waals surface area contributed by atoms with E-state index in [1.807, 2.05) is 13.0 Å². The monoisotopic (exact) mass is 521 g/mol. The Morgan fingerprint density at radius 1 is 1.18 bits per heavy atom. The van der Waals surface area contributed by atoms with Crippen LogP contribution in [-0.2, 0) is 16.4 Å². The molecule has 0 spiro atoms. The van der Waals surface area contributed by atoms with Gasteiger partial charge in [0.2, 0.25) is 10.0 Å². The first kappa shape index (κ1) is 24.2. The summed E-state index contributed by atoms with van der Waals surface area (Å²) in [5, 5.41) is 6.23. The minimum absolute atomic E-state index is 0. The maximum absolute atomic E-state index is 13.2. The lowest BCUT2D eigenvalue weighted by molar-refractivity contribution is 0.581. The van der Waals surface area contributed by atoms with E-state index in [2.05, 4.69) is 25.3 Å². The van der Waals surface area contributed by atoms with Gasteiger partial charge in [-0.15, -0.1) is 24.0 Å². The number of guanidine groups is 1. The fraction of sp³-hybridized carbons (Fsp3) is 0.333. The Kier molecular flexibility index (Phi) is 10.9. The molecule has 0 fully saturated rings. The molecule has 1 aromatic heterocycles. The number of pyridine rings is 1. The van der Waals surface area contributed by atoms with Crippen LogP contribution in [-0.4, -0.2) is 45.5 Å². The number of aromatic nitrogens is 1. The lowest BCUT2D eigenvalue weighted by atomic mass is 10.1. The van der Waals surface area contributed by atoms with Gasteiger partial charge in [-0.25, -0.2) is 17.5 Å². The highest BCUT2D eigenvalue weighted by atomic mass is 127. The number of nitrogens with one attached hydrogen (secondary N) is 3. The van der Waals surface area contributed by atoms with Crippen LogP contribution in [0.25, 0.3) is 0 Å². The number of hydrogen-bond donors (Lipinski definition) is 3. The van der Waals surface area contributed by atoms with Gasteiger partial charge < -0.3 is 10.6 Å². The maximum Gasteiger partial charge on any atom is 0.242 e. The quantitative estimate of drug-likeness (QED) is 0.203. The summed E-state index contributed by atoms with van der Waals surface area (Å²) in [7, 11) is -3.59. The fourth-order valence-electron chi connectivity index (χ4n) is 2.30. The normalized spacial score (nSPS) is 11.6. The minimum Gasteiger partial charge on any atom is -0.357 e. The van der Waals surface area contributed by atoms with Gasteiger partial charge in [0.25, 0.3) is 0 Å². The molecule has 10 heteroatoms. The third-order valence-electron chi connectivity index (χ3n) is 3.56. The van der Waals surface area contributed by atoms with Crippen molar-refractivity contribution in [2.24, 2.45) is 4.99 Å². The molecule has 0 bridgehead atoms. The van der Waals surface area contributed by atoms with E-state index in [4.69, 9.17) is 0 Å². The highest BCUT2D eigenvalue weighted by Crippen LogP contribution is 2.05. The van der Waals surface area contributed by atoms with Crippen LogP contribution in [0.1, 0.15) is 12.5 Å². The average Bonchev–Trinajstić information content (AvgIpc) is 2.66. The summed E-state index contributed by atoms with van der Waals surface area (Å²) < 4.78 is 39.9. The van der Waals surface area contributed by atoms with E-state index in [-0.39, 0.29) is 47.8 Å². The van der Waals surface area contributed by atoms with Gasteiger partial charge in [0.05, 0.1) is 6.54 Å². The predicted molar refractivity (Wildman–Crippen MR) is 119 cm³/mol. The molecule has 0 amide bonds. The van der Waals surface area contributed by atoms with Crippen molar-refractivity contribution in [1.82, 2.24) is 20.3 Å². The van der Waals surface area contributed by atoms with Crippen LogP contribution in [0.15, 0.2) is 58.7 Å². The number of nitrogens with zero attached hydrogens (tertiary/aromatic N) is 2. The van der Waals surface area contributed by atoms with E-state index in [0.29, 0.717) is 25.5 Å². The smallest absolute Gasteiger partial charge is 0.242 e. The molecule has 2 aromatic rings. The van der Waals surface area contributed by atoms with E-state index in [1.165, 1.54) is 30.6 Å². The van der Waals surface area contributed by atoms with Gasteiger partial charge in [0, 0.05) is 32.0 Å². The van der Waals surface area contributed by atoms with Gasteiger partial charge in [-0.05, 0) is 43.2 Å². The molecule has 0 aliphatic rings. The Morgan fingerprint density at radius 3 is 2.68 bits per heavy atom. The first-order valence-corrected chi connectivity index (χ1v) is 10.2. The third-order valence-corrected chi connectivity index (χ3v) is 5.00. The topological polar surface area (TPSA) is 95.5 Å². The summed E-state index contributed by atoms with van der Waals surface area (Å²) >= 11 is 0. The number of aliphatic imine (C=N–C) groups is 1. The highest BCUT2D eigenvalue weighted by Gasteiger charge is 2.12. The van der Waals surface area contributed by atoms with Crippen LogP contribution in [0.5, 0.6) is 0 Å². The van der Waals surface area contributed by atoms with Crippen LogP contribution in [0.3, 0.4) is 0 Å². The van der Waals surface area contributed by atoms with E-state index in [1.54, 1.807) is 12.1 Å². The van der Waals surface area contributed by atoms with Gasteiger partial charge in [0.15, 0.2) is 5.96 Å².